The number of hydrogen-bond donors (Lipinski definition) is 0. The first-order valence-corrected chi connectivity index (χ1v) is 8.60. The Balaban J connectivity index is 1.69. The van der Waals surface area contributed by atoms with Crippen LogP contribution in [0.1, 0.15) is 47.5 Å². The molecule has 26 heavy (non-hydrogen) atoms. The van der Waals surface area contributed by atoms with E-state index in [0.29, 0.717) is 35.6 Å². The summed E-state index contributed by atoms with van der Waals surface area (Å²) in [6.07, 6.45) is 5.30. The van der Waals surface area contributed by atoms with Gasteiger partial charge in [0.2, 0.25) is 11.7 Å². The molecule has 0 aliphatic heterocycles. The fourth-order valence-electron chi connectivity index (χ4n) is 2.84. The molecule has 0 saturated heterocycles. The molecule has 0 atom stereocenters. The van der Waals surface area contributed by atoms with Crippen molar-refractivity contribution in [3.8, 4) is 22.8 Å². The predicted molar refractivity (Wildman–Crippen MR) is 93.4 cm³/mol. The number of hydrogen-bond acceptors (Lipinski definition) is 7. The SMILES string of the molecule is CCOC(=O)c1cnc(-c2ccc(-c3noc(C)n3)cc2C2CC2)nc1. The minimum atomic E-state index is -0.413. The van der Waals surface area contributed by atoms with Crippen LogP contribution < -0.4 is 0 Å². The maximum absolute atomic E-state index is 11.8. The molecule has 2 aromatic heterocycles. The second kappa shape index (κ2) is 6.67. The van der Waals surface area contributed by atoms with E-state index in [1.807, 2.05) is 12.1 Å². The topological polar surface area (TPSA) is 91.0 Å². The van der Waals surface area contributed by atoms with Gasteiger partial charge < -0.3 is 9.26 Å². The molecule has 0 bridgehead atoms. The Hall–Kier alpha value is -3.09. The summed E-state index contributed by atoms with van der Waals surface area (Å²) in [5.74, 6) is 1.79. The first-order valence-electron chi connectivity index (χ1n) is 8.60. The summed E-state index contributed by atoms with van der Waals surface area (Å²) in [5, 5.41) is 3.99. The van der Waals surface area contributed by atoms with Crippen LogP contribution in [0.2, 0.25) is 0 Å². The van der Waals surface area contributed by atoms with Crippen molar-refractivity contribution in [1.82, 2.24) is 20.1 Å². The third-order valence-corrected chi connectivity index (χ3v) is 4.26. The number of carbonyl (C=O) groups is 1. The van der Waals surface area contributed by atoms with E-state index >= 15 is 0 Å². The van der Waals surface area contributed by atoms with Crippen molar-refractivity contribution in [2.45, 2.75) is 32.6 Å². The van der Waals surface area contributed by atoms with Gasteiger partial charge in [-0.2, -0.15) is 4.98 Å². The number of esters is 1. The number of rotatable bonds is 5. The van der Waals surface area contributed by atoms with Gasteiger partial charge in [-0.05, 0) is 37.3 Å². The zero-order valence-electron chi connectivity index (χ0n) is 14.6. The van der Waals surface area contributed by atoms with Crippen molar-refractivity contribution < 1.29 is 14.1 Å². The Labute approximate surface area is 150 Å². The summed E-state index contributed by atoms with van der Waals surface area (Å²) in [6.45, 7) is 3.86. The van der Waals surface area contributed by atoms with Crippen LogP contribution in [-0.2, 0) is 4.74 Å². The van der Waals surface area contributed by atoms with E-state index in [-0.39, 0.29) is 0 Å². The summed E-state index contributed by atoms with van der Waals surface area (Å²) < 4.78 is 10.0. The first-order chi connectivity index (χ1) is 12.7. The van der Waals surface area contributed by atoms with Gasteiger partial charge in [-0.15, -0.1) is 0 Å². The quantitative estimate of drug-likeness (QED) is 0.650. The van der Waals surface area contributed by atoms with Gasteiger partial charge in [0, 0.05) is 30.4 Å². The highest BCUT2D eigenvalue weighted by atomic mass is 16.5. The Morgan fingerprint density at radius 2 is 2.00 bits per heavy atom. The molecule has 1 saturated carbocycles. The molecule has 2 heterocycles. The first kappa shape index (κ1) is 16.4. The molecule has 3 aromatic rings. The highest BCUT2D eigenvalue weighted by Gasteiger charge is 2.28. The molecule has 7 heteroatoms. The molecule has 1 aliphatic carbocycles. The minimum Gasteiger partial charge on any atom is -0.462 e. The number of benzene rings is 1. The summed E-state index contributed by atoms with van der Waals surface area (Å²) in [5.41, 5.74) is 3.40. The van der Waals surface area contributed by atoms with E-state index in [2.05, 4.69) is 26.2 Å². The van der Waals surface area contributed by atoms with Gasteiger partial charge in [0.1, 0.15) is 0 Å². The molecule has 0 unspecified atom stereocenters. The van der Waals surface area contributed by atoms with E-state index < -0.39 is 5.97 Å². The van der Waals surface area contributed by atoms with Crippen molar-refractivity contribution in [1.29, 1.82) is 0 Å². The van der Waals surface area contributed by atoms with Gasteiger partial charge in [-0.1, -0.05) is 17.3 Å². The smallest absolute Gasteiger partial charge is 0.341 e. The van der Waals surface area contributed by atoms with Gasteiger partial charge in [0.15, 0.2) is 5.82 Å². The number of aromatic nitrogens is 4. The second-order valence-electron chi connectivity index (χ2n) is 6.23. The normalized spacial score (nSPS) is 13.6. The largest absolute Gasteiger partial charge is 0.462 e. The Bertz CT molecular complexity index is 946. The van der Waals surface area contributed by atoms with E-state index in [9.17, 15) is 4.79 Å². The van der Waals surface area contributed by atoms with Gasteiger partial charge in [0.05, 0.1) is 12.2 Å². The average molecular weight is 350 g/mol. The average Bonchev–Trinajstić information content (AvgIpc) is 3.42. The molecule has 0 spiro atoms. The molecule has 1 aliphatic rings. The van der Waals surface area contributed by atoms with Crippen LogP contribution in [0.25, 0.3) is 22.8 Å². The molecular weight excluding hydrogens is 332 g/mol. The number of carbonyl (C=O) groups excluding carboxylic acids is 1. The molecule has 1 aromatic carbocycles. The molecule has 7 nitrogen and oxygen atoms in total. The second-order valence-corrected chi connectivity index (χ2v) is 6.23. The van der Waals surface area contributed by atoms with Crippen molar-refractivity contribution >= 4 is 5.97 Å². The number of nitrogens with zero attached hydrogens (tertiary/aromatic N) is 4. The number of ether oxygens (including phenoxy) is 1. The van der Waals surface area contributed by atoms with Crippen molar-refractivity contribution in [3.05, 3.63) is 47.6 Å². The van der Waals surface area contributed by atoms with Gasteiger partial charge in [0.25, 0.3) is 0 Å². The summed E-state index contributed by atoms with van der Waals surface area (Å²) in [7, 11) is 0. The lowest BCUT2D eigenvalue weighted by atomic mass is 9.99. The van der Waals surface area contributed by atoms with Crippen LogP contribution in [0.4, 0.5) is 0 Å². The molecule has 0 amide bonds. The van der Waals surface area contributed by atoms with Crippen LogP contribution in [0, 0.1) is 6.92 Å². The van der Waals surface area contributed by atoms with Gasteiger partial charge in [-0.25, -0.2) is 14.8 Å². The Morgan fingerprint density at radius 1 is 1.23 bits per heavy atom. The number of aryl methyl sites for hydroxylation is 1. The Morgan fingerprint density at radius 3 is 2.62 bits per heavy atom. The highest BCUT2D eigenvalue weighted by molar-refractivity contribution is 5.88. The van der Waals surface area contributed by atoms with Crippen LogP contribution >= 0.6 is 0 Å². The van der Waals surface area contributed by atoms with Crippen LogP contribution in [0.15, 0.2) is 35.1 Å². The van der Waals surface area contributed by atoms with Crippen molar-refractivity contribution in [2.75, 3.05) is 6.61 Å². The molecular formula is C19H18N4O3. The zero-order valence-corrected chi connectivity index (χ0v) is 14.6. The lowest BCUT2D eigenvalue weighted by Crippen LogP contribution is -2.06. The summed E-state index contributed by atoms with van der Waals surface area (Å²) in [6, 6.07) is 6.00. The predicted octanol–water partition coefficient (Wildman–Crippen LogP) is 3.56. The van der Waals surface area contributed by atoms with Gasteiger partial charge in [-0.3, -0.25) is 0 Å². The van der Waals surface area contributed by atoms with Crippen molar-refractivity contribution in [2.24, 2.45) is 0 Å². The monoisotopic (exact) mass is 350 g/mol. The molecule has 4 rings (SSSR count). The Kier molecular flexibility index (Phi) is 4.20. The highest BCUT2D eigenvalue weighted by Crippen LogP contribution is 2.45. The van der Waals surface area contributed by atoms with E-state index in [4.69, 9.17) is 9.26 Å². The minimum absolute atomic E-state index is 0.323. The van der Waals surface area contributed by atoms with Gasteiger partial charge >= 0.3 is 5.97 Å². The molecule has 1 fully saturated rings. The van der Waals surface area contributed by atoms with Crippen LogP contribution in [0.5, 0.6) is 0 Å². The van der Waals surface area contributed by atoms with E-state index in [1.54, 1.807) is 13.8 Å². The molecule has 0 N–H and O–H groups in total. The van der Waals surface area contributed by atoms with E-state index in [0.717, 1.165) is 24.0 Å². The third kappa shape index (κ3) is 3.20. The summed E-state index contributed by atoms with van der Waals surface area (Å²) in [4.78, 5) is 24.8. The van der Waals surface area contributed by atoms with Crippen LogP contribution in [-0.4, -0.2) is 32.7 Å². The standard InChI is InChI=1S/C19H18N4O3/c1-3-25-19(24)14-9-20-18(21-10-14)15-7-6-13(8-16(15)12-4-5-12)17-22-11(2)26-23-17/h6-10,12H,3-5H2,1-2H3. The zero-order chi connectivity index (χ0) is 18.1. The third-order valence-electron chi connectivity index (χ3n) is 4.26. The molecule has 0 radical (unpaired) electrons. The lowest BCUT2D eigenvalue weighted by molar-refractivity contribution is 0.0525. The van der Waals surface area contributed by atoms with Crippen LogP contribution in [0.3, 0.4) is 0 Å². The lowest BCUT2D eigenvalue weighted by Gasteiger charge is -2.09. The maximum Gasteiger partial charge on any atom is 0.341 e. The molecule has 132 valence electrons. The fraction of sp³-hybridized carbons (Fsp3) is 0.316. The van der Waals surface area contributed by atoms with E-state index in [1.165, 1.54) is 18.0 Å². The fourth-order valence-corrected chi connectivity index (χ4v) is 2.84. The summed E-state index contributed by atoms with van der Waals surface area (Å²) >= 11 is 0. The maximum atomic E-state index is 11.8. The van der Waals surface area contributed by atoms with Crippen molar-refractivity contribution in [3.63, 3.8) is 0 Å².